The van der Waals surface area contributed by atoms with Crippen LogP contribution < -0.4 is 4.74 Å². The highest BCUT2D eigenvalue weighted by atomic mass is 16.5. The fraction of sp³-hybridized carbons (Fsp3) is 0.200. The van der Waals surface area contributed by atoms with Gasteiger partial charge in [0, 0.05) is 6.07 Å². The number of carbonyl (C=O) groups is 1. The molecule has 0 spiro atoms. The van der Waals surface area contributed by atoms with Crippen molar-refractivity contribution in [1.29, 1.82) is 0 Å². The lowest BCUT2D eigenvalue weighted by molar-refractivity contribution is 0.0696. The summed E-state index contributed by atoms with van der Waals surface area (Å²) in [7, 11) is 1.51. The Bertz CT molecular complexity index is 564. The first-order valence-corrected chi connectivity index (χ1v) is 4.80. The summed E-state index contributed by atoms with van der Waals surface area (Å²) in [6.45, 7) is 1.69. The zero-order valence-corrected chi connectivity index (χ0v) is 9.28. The number of methoxy groups -OCH3 is 1. The number of hydrogen-bond acceptors (Lipinski definition) is 5. The fourth-order valence-electron chi connectivity index (χ4n) is 1.45. The Morgan fingerprint density at radius 1 is 1.47 bits per heavy atom. The minimum Gasteiger partial charge on any atom is -0.497 e. The molecule has 2 rings (SSSR count). The number of carboxylic acid groups (broad SMARTS) is 1. The molecule has 0 aliphatic carbocycles. The van der Waals surface area contributed by atoms with Crippen molar-refractivity contribution in [3.8, 4) is 11.4 Å². The molecule has 1 heterocycles. The van der Waals surface area contributed by atoms with E-state index in [1.807, 2.05) is 0 Å². The number of ether oxygens (including phenoxy) is 1. The fourth-order valence-corrected chi connectivity index (χ4v) is 1.45. The maximum Gasteiger partial charge on any atom is 0.337 e. The van der Waals surface area contributed by atoms with Crippen molar-refractivity contribution in [3.63, 3.8) is 0 Å². The van der Waals surface area contributed by atoms with Crippen LogP contribution in [0, 0.1) is 6.92 Å². The summed E-state index contributed by atoms with van der Waals surface area (Å²) in [4.78, 5) is 11.1. The molecule has 0 saturated carbocycles. The van der Waals surface area contributed by atoms with Crippen LogP contribution in [0.2, 0.25) is 0 Å². The molecule has 0 unspecified atom stereocenters. The number of hydrogen-bond donors (Lipinski definition) is 1. The molecule has 0 amide bonds. The van der Waals surface area contributed by atoms with Crippen LogP contribution in [0.15, 0.2) is 18.2 Å². The normalized spacial score (nSPS) is 10.2. The average Bonchev–Trinajstić information content (AvgIpc) is 2.74. The van der Waals surface area contributed by atoms with E-state index in [4.69, 9.17) is 9.84 Å². The van der Waals surface area contributed by atoms with Crippen molar-refractivity contribution in [1.82, 2.24) is 20.2 Å². The quantitative estimate of drug-likeness (QED) is 0.839. The number of tetrazole rings is 1. The van der Waals surface area contributed by atoms with Gasteiger partial charge in [-0.3, -0.25) is 0 Å². The van der Waals surface area contributed by atoms with Crippen molar-refractivity contribution in [2.75, 3.05) is 7.11 Å². The van der Waals surface area contributed by atoms with Crippen molar-refractivity contribution in [3.05, 3.63) is 29.6 Å². The van der Waals surface area contributed by atoms with Gasteiger partial charge in [-0.2, -0.15) is 4.68 Å². The highest BCUT2D eigenvalue weighted by Gasteiger charge is 2.15. The van der Waals surface area contributed by atoms with Crippen LogP contribution in [0.5, 0.6) is 5.75 Å². The van der Waals surface area contributed by atoms with Gasteiger partial charge in [0.05, 0.1) is 18.4 Å². The number of aromatic carboxylic acids is 1. The average molecular weight is 234 g/mol. The molecule has 0 saturated heterocycles. The molecule has 17 heavy (non-hydrogen) atoms. The summed E-state index contributed by atoms with van der Waals surface area (Å²) in [5.74, 6) is -0.00166. The summed E-state index contributed by atoms with van der Waals surface area (Å²) in [5, 5.41) is 20.0. The van der Waals surface area contributed by atoms with Gasteiger partial charge in [-0.25, -0.2) is 4.79 Å². The largest absolute Gasteiger partial charge is 0.497 e. The molecule has 2 aromatic rings. The van der Waals surface area contributed by atoms with E-state index in [-0.39, 0.29) is 5.56 Å². The topological polar surface area (TPSA) is 90.1 Å². The van der Waals surface area contributed by atoms with Crippen LogP contribution in [0.1, 0.15) is 16.2 Å². The maximum atomic E-state index is 11.1. The van der Waals surface area contributed by atoms with Gasteiger partial charge < -0.3 is 9.84 Å². The molecular weight excluding hydrogens is 224 g/mol. The number of carboxylic acids is 1. The first kappa shape index (κ1) is 11.1. The highest BCUT2D eigenvalue weighted by Crippen LogP contribution is 2.21. The monoisotopic (exact) mass is 234 g/mol. The molecule has 0 atom stereocenters. The van der Waals surface area contributed by atoms with Crippen LogP contribution in [-0.4, -0.2) is 38.4 Å². The Labute approximate surface area is 96.6 Å². The molecule has 1 aromatic heterocycles. The van der Waals surface area contributed by atoms with Crippen molar-refractivity contribution in [2.45, 2.75) is 6.92 Å². The summed E-state index contributed by atoms with van der Waals surface area (Å²) in [6.07, 6.45) is 0. The highest BCUT2D eigenvalue weighted by molar-refractivity contribution is 5.92. The summed E-state index contributed by atoms with van der Waals surface area (Å²) in [6, 6.07) is 4.61. The van der Waals surface area contributed by atoms with E-state index in [0.717, 1.165) is 0 Å². The number of benzene rings is 1. The smallest absolute Gasteiger partial charge is 0.337 e. The van der Waals surface area contributed by atoms with Gasteiger partial charge in [-0.05, 0) is 29.5 Å². The van der Waals surface area contributed by atoms with Gasteiger partial charge in [-0.15, -0.1) is 5.10 Å². The van der Waals surface area contributed by atoms with E-state index in [1.165, 1.54) is 17.9 Å². The van der Waals surface area contributed by atoms with Crippen LogP contribution in [0.25, 0.3) is 5.69 Å². The van der Waals surface area contributed by atoms with E-state index in [2.05, 4.69) is 15.5 Å². The minimum atomic E-state index is -1.04. The standard InChI is InChI=1S/C10H10N4O3/c1-6-11-12-13-14(6)9-5-7(17-2)3-4-8(9)10(15)16/h3-5H,1-2H3,(H,15,16). The minimum absolute atomic E-state index is 0.112. The lowest BCUT2D eigenvalue weighted by atomic mass is 10.1. The van der Waals surface area contributed by atoms with E-state index in [9.17, 15) is 4.79 Å². The molecule has 0 bridgehead atoms. The zero-order valence-electron chi connectivity index (χ0n) is 9.28. The molecule has 1 N–H and O–H groups in total. The molecule has 0 aliphatic heterocycles. The second-order valence-corrected chi connectivity index (χ2v) is 3.33. The molecule has 0 radical (unpaired) electrons. The maximum absolute atomic E-state index is 11.1. The second-order valence-electron chi connectivity index (χ2n) is 3.33. The first-order chi connectivity index (χ1) is 8.13. The Kier molecular flexibility index (Phi) is 2.73. The number of aromatic nitrogens is 4. The van der Waals surface area contributed by atoms with Crippen molar-refractivity contribution < 1.29 is 14.6 Å². The molecule has 0 fully saturated rings. The Morgan fingerprint density at radius 2 is 2.24 bits per heavy atom. The van der Waals surface area contributed by atoms with Gasteiger partial charge in [0.15, 0.2) is 5.82 Å². The SMILES string of the molecule is COc1ccc(C(=O)O)c(-n2nnnc2C)c1. The van der Waals surface area contributed by atoms with E-state index >= 15 is 0 Å². The van der Waals surface area contributed by atoms with Gasteiger partial charge in [0.25, 0.3) is 0 Å². The third kappa shape index (κ3) is 1.94. The number of nitrogens with zero attached hydrogens (tertiary/aromatic N) is 4. The lowest BCUT2D eigenvalue weighted by Crippen LogP contribution is -2.08. The number of rotatable bonds is 3. The summed E-state index contributed by atoms with van der Waals surface area (Å²) >= 11 is 0. The molecule has 7 nitrogen and oxygen atoms in total. The molecule has 1 aromatic carbocycles. The Hall–Kier alpha value is -2.44. The lowest BCUT2D eigenvalue weighted by Gasteiger charge is -2.08. The molecule has 88 valence electrons. The second kappa shape index (κ2) is 4.20. The number of aryl methyl sites for hydroxylation is 1. The first-order valence-electron chi connectivity index (χ1n) is 4.80. The molecular formula is C10H10N4O3. The molecule has 0 aliphatic rings. The zero-order chi connectivity index (χ0) is 12.4. The summed E-state index contributed by atoms with van der Waals surface area (Å²) < 4.78 is 6.41. The van der Waals surface area contributed by atoms with Gasteiger partial charge >= 0.3 is 5.97 Å². The molecule has 7 heteroatoms. The van der Waals surface area contributed by atoms with Gasteiger partial charge in [0.2, 0.25) is 0 Å². The van der Waals surface area contributed by atoms with E-state index < -0.39 is 5.97 Å². The van der Waals surface area contributed by atoms with Gasteiger partial charge in [0.1, 0.15) is 5.75 Å². The van der Waals surface area contributed by atoms with Crippen LogP contribution in [0.3, 0.4) is 0 Å². The predicted molar refractivity (Wildman–Crippen MR) is 57.4 cm³/mol. The Balaban J connectivity index is 2.65. The third-order valence-electron chi connectivity index (χ3n) is 2.29. The third-order valence-corrected chi connectivity index (χ3v) is 2.29. The van der Waals surface area contributed by atoms with E-state index in [0.29, 0.717) is 17.3 Å². The van der Waals surface area contributed by atoms with Crippen LogP contribution >= 0.6 is 0 Å². The van der Waals surface area contributed by atoms with Crippen molar-refractivity contribution >= 4 is 5.97 Å². The van der Waals surface area contributed by atoms with Crippen molar-refractivity contribution in [2.24, 2.45) is 0 Å². The van der Waals surface area contributed by atoms with E-state index in [1.54, 1.807) is 19.1 Å². The van der Waals surface area contributed by atoms with Gasteiger partial charge in [-0.1, -0.05) is 0 Å². The summed E-state index contributed by atoms with van der Waals surface area (Å²) in [5.41, 5.74) is 0.487. The van der Waals surface area contributed by atoms with Crippen LogP contribution in [-0.2, 0) is 0 Å². The Morgan fingerprint density at radius 3 is 2.76 bits per heavy atom. The van der Waals surface area contributed by atoms with Crippen LogP contribution in [0.4, 0.5) is 0 Å². The predicted octanol–water partition coefficient (Wildman–Crippen LogP) is 0.678.